The van der Waals surface area contributed by atoms with Gasteiger partial charge in [-0.15, -0.1) is 0 Å². The largest absolute Gasteiger partial charge is 0.504 e. The van der Waals surface area contributed by atoms with E-state index in [2.05, 4.69) is 15.3 Å². The lowest BCUT2D eigenvalue weighted by Crippen LogP contribution is -2.50. The average molecular weight is 439 g/mol. The fraction of sp³-hybridized carbons (Fsp3) is 0.304. The van der Waals surface area contributed by atoms with E-state index in [1.54, 1.807) is 26.4 Å². The molecule has 1 unspecified atom stereocenters. The highest BCUT2D eigenvalue weighted by Crippen LogP contribution is 2.44. The van der Waals surface area contributed by atoms with E-state index in [1.165, 1.54) is 13.3 Å². The summed E-state index contributed by atoms with van der Waals surface area (Å²) in [4.78, 5) is 28.9. The maximum Gasteiger partial charge on any atom is 0.325 e. The molecule has 0 aliphatic carbocycles. The van der Waals surface area contributed by atoms with Crippen LogP contribution >= 0.6 is 0 Å². The molecule has 0 saturated carbocycles. The first kappa shape index (κ1) is 21.5. The van der Waals surface area contributed by atoms with E-state index < -0.39 is 16.8 Å². The van der Waals surface area contributed by atoms with Crippen LogP contribution in [0.3, 0.4) is 0 Å². The van der Waals surface area contributed by atoms with Crippen molar-refractivity contribution in [1.82, 2.24) is 15.3 Å². The number of hydrogen-bond acceptors (Lipinski definition) is 7. The molecule has 1 aromatic heterocycles. The second-order valence-corrected chi connectivity index (χ2v) is 7.61. The summed E-state index contributed by atoms with van der Waals surface area (Å²) < 4.78 is 16.2. The number of phenolic OH excluding ortho intramolecular Hbond substituents is 1. The minimum absolute atomic E-state index is 0.0193. The van der Waals surface area contributed by atoms with Crippen molar-refractivity contribution in [3.8, 4) is 23.0 Å². The van der Waals surface area contributed by atoms with Crippen molar-refractivity contribution in [1.29, 1.82) is 0 Å². The van der Waals surface area contributed by atoms with Crippen LogP contribution < -0.4 is 30.8 Å². The minimum atomic E-state index is -0.887. The SMILES string of the molecule is COc1ccc(C2(Cc3c[nH]c(=O)[nH]c3=O)NCCc3cc(OC)c(OC)cc32)cc1O. The smallest absolute Gasteiger partial charge is 0.325 e. The molecule has 0 radical (unpaired) electrons. The first-order valence-electron chi connectivity index (χ1n) is 10.1. The van der Waals surface area contributed by atoms with Crippen LogP contribution in [-0.4, -0.2) is 42.9 Å². The van der Waals surface area contributed by atoms with E-state index in [1.807, 2.05) is 18.2 Å². The van der Waals surface area contributed by atoms with E-state index in [0.29, 0.717) is 29.4 Å². The second kappa shape index (κ2) is 8.43. The summed E-state index contributed by atoms with van der Waals surface area (Å²) in [6.07, 6.45) is 2.37. The number of aromatic hydroxyl groups is 1. The first-order chi connectivity index (χ1) is 15.4. The summed E-state index contributed by atoms with van der Waals surface area (Å²) in [7, 11) is 4.63. The van der Waals surface area contributed by atoms with Gasteiger partial charge in [0.15, 0.2) is 23.0 Å². The molecule has 1 aliphatic heterocycles. The molecule has 1 aliphatic rings. The van der Waals surface area contributed by atoms with E-state index in [9.17, 15) is 14.7 Å². The molecule has 0 spiro atoms. The fourth-order valence-corrected chi connectivity index (χ4v) is 4.36. The Morgan fingerprint density at radius 3 is 2.38 bits per heavy atom. The summed E-state index contributed by atoms with van der Waals surface area (Å²) in [5.41, 5.74) is 1.10. The van der Waals surface area contributed by atoms with Crippen LogP contribution in [0.15, 0.2) is 46.1 Å². The van der Waals surface area contributed by atoms with Crippen molar-refractivity contribution < 1.29 is 19.3 Å². The van der Waals surface area contributed by atoms with Crippen LogP contribution in [0.25, 0.3) is 0 Å². The molecule has 32 heavy (non-hydrogen) atoms. The quantitative estimate of drug-likeness (QED) is 0.458. The standard InChI is InChI=1S/C23H25N3O6/c1-30-18-5-4-15(9-17(18)27)23(11-14-12-24-22(29)26-21(14)28)16-10-20(32-3)19(31-2)8-13(16)6-7-25-23/h4-5,8-10,12,25,27H,6-7,11H2,1-3H3,(H2,24,26,28,29). The van der Waals surface area contributed by atoms with Crippen LogP contribution in [0.4, 0.5) is 0 Å². The van der Waals surface area contributed by atoms with Crippen LogP contribution in [0.5, 0.6) is 23.0 Å². The highest BCUT2D eigenvalue weighted by molar-refractivity contribution is 5.56. The zero-order valence-electron chi connectivity index (χ0n) is 18.1. The van der Waals surface area contributed by atoms with Gasteiger partial charge in [-0.3, -0.25) is 9.78 Å². The van der Waals surface area contributed by atoms with E-state index in [4.69, 9.17) is 14.2 Å². The van der Waals surface area contributed by atoms with Crippen molar-refractivity contribution >= 4 is 0 Å². The topological polar surface area (TPSA) is 126 Å². The maximum atomic E-state index is 12.6. The Balaban J connectivity index is 1.98. The molecule has 4 rings (SSSR count). The van der Waals surface area contributed by atoms with Gasteiger partial charge in [-0.25, -0.2) is 4.79 Å². The lowest BCUT2D eigenvalue weighted by atomic mass is 9.73. The predicted molar refractivity (Wildman–Crippen MR) is 118 cm³/mol. The van der Waals surface area contributed by atoms with E-state index in [0.717, 1.165) is 23.1 Å². The number of fused-ring (bicyclic) bond motifs is 1. The number of H-pyrrole nitrogens is 2. The summed E-state index contributed by atoms with van der Waals surface area (Å²) in [6.45, 7) is 0.622. The molecule has 2 aromatic carbocycles. The van der Waals surface area contributed by atoms with Crippen LogP contribution in [-0.2, 0) is 18.4 Å². The molecule has 168 valence electrons. The molecule has 4 N–H and O–H groups in total. The molecule has 0 bridgehead atoms. The summed E-state index contributed by atoms with van der Waals surface area (Å²) in [6, 6.07) is 8.97. The molecule has 0 saturated heterocycles. The minimum Gasteiger partial charge on any atom is -0.504 e. The third-order valence-corrected chi connectivity index (χ3v) is 5.91. The highest BCUT2D eigenvalue weighted by atomic mass is 16.5. The molecule has 0 amide bonds. The zero-order valence-corrected chi connectivity index (χ0v) is 18.1. The van der Waals surface area contributed by atoms with Crippen molar-refractivity contribution in [3.05, 3.63) is 79.6 Å². The van der Waals surface area contributed by atoms with Gasteiger partial charge in [0.2, 0.25) is 0 Å². The van der Waals surface area contributed by atoms with Gasteiger partial charge in [-0.05, 0) is 47.4 Å². The average Bonchev–Trinajstić information content (AvgIpc) is 2.80. The number of nitrogens with one attached hydrogen (secondary N) is 3. The van der Waals surface area contributed by atoms with Crippen LogP contribution in [0, 0.1) is 0 Å². The van der Waals surface area contributed by atoms with Crippen LogP contribution in [0.2, 0.25) is 0 Å². The second-order valence-electron chi connectivity index (χ2n) is 7.61. The van der Waals surface area contributed by atoms with Crippen molar-refractivity contribution in [2.24, 2.45) is 0 Å². The molecule has 1 atom stereocenters. The summed E-state index contributed by atoms with van der Waals surface area (Å²) in [5.74, 6) is 1.48. The maximum absolute atomic E-state index is 12.6. The molecule has 2 heterocycles. The summed E-state index contributed by atoms with van der Waals surface area (Å²) in [5, 5.41) is 14.1. The number of phenols is 1. The number of aromatic amines is 2. The number of ether oxygens (including phenoxy) is 3. The number of hydrogen-bond donors (Lipinski definition) is 4. The molecule has 3 aromatic rings. The third kappa shape index (κ3) is 3.60. The first-order valence-corrected chi connectivity index (χ1v) is 10.1. The van der Waals surface area contributed by atoms with Gasteiger partial charge in [-0.1, -0.05) is 6.07 Å². The van der Waals surface area contributed by atoms with Gasteiger partial charge in [-0.2, -0.15) is 0 Å². The zero-order chi connectivity index (χ0) is 22.9. The highest BCUT2D eigenvalue weighted by Gasteiger charge is 2.40. The van der Waals surface area contributed by atoms with Gasteiger partial charge in [0.05, 0.1) is 26.9 Å². The van der Waals surface area contributed by atoms with Gasteiger partial charge in [0.1, 0.15) is 0 Å². The number of benzene rings is 2. The Morgan fingerprint density at radius 2 is 1.72 bits per heavy atom. The molecule has 9 heteroatoms. The van der Waals surface area contributed by atoms with E-state index in [-0.39, 0.29) is 12.2 Å². The lowest BCUT2D eigenvalue weighted by Gasteiger charge is -2.41. The molecule has 9 nitrogen and oxygen atoms in total. The normalized spacial score (nSPS) is 17.5. The summed E-state index contributed by atoms with van der Waals surface area (Å²) >= 11 is 0. The Labute approximate surface area is 184 Å². The monoisotopic (exact) mass is 439 g/mol. The third-order valence-electron chi connectivity index (χ3n) is 5.91. The van der Waals surface area contributed by atoms with Gasteiger partial charge >= 0.3 is 5.69 Å². The Hall–Kier alpha value is -3.72. The Kier molecular flexibility index (Phi) is 5.67. The van der Waals surface area contributed by atoms with Crippen molar-refractivity contribution in [2.45, 2.75) is 18.4 Å². The Morgan fingerprint density at radius 1 is 1.00 bits per heavy atom. The molecule has 0 fully saturated rings. The van der Waals surface area contributed by atoms with Crippen molar-refractivity contribution in [3.63, 3.8) is 0 Å². The molecular formula is C23H25N3O6. The predicted octanol–water partition coefficient (Wildman–Crippen LogP) is 1.43. The van der Waals surface area contributed by atoms with E-state index >= 15 is 0 Å². The van der Waals surface area contributed by atoms with Crippen LogP contribution in [0.1, 0.15) is 22.3 Å². The van der Waals surface area contributed by atoms with Crippen molar-refractivity contribution in [2.75, 3.05) is 27.9 Å². The fourth-order valence-electron chi connectivity index (χ4n) is 4.36. The van der Waals surface area contributed by atoms with Gasteiger partial charge in [0.25, 0.3) is 5.56 Å². The number of rotatable bonds is 6. The number of aromatic nitrogens is 2. The van der Waals surface area contributed by atoms with Gasteiger partial charge < -0.3 is 29.6 Å². The molecular weight excluding hydrogens is 414 g/mol. The Bertz CT molecular complexity index is 1270. The van der Waals surface area contributed by atoms with Gasteiger partial charge in [0, 0.05) is 24.7 Å². The number of methoxy groups -OCH3 is 3. The lowest BCUT2D eigenvalue weighted by molar-refractivity contribution is 0.340.